The molecule has 2 N–H and O–H groups in total. The van der Waals surface area contributed by atoms with Gasteiger partial charge in [0.05, 0.1) is 5.75 Å². The Hall–Kier alpha value is -1.67. The van der Waals surface area contributed by atoms with Crippen molar-refractivity contribution in [3.8, 4) is 0 Å². The van der Waals surface area contributed by atoms with Gasteiger partial charge < -0.3 is 10.6 Å². The summed E-state index contributed by atoms with van der Waals surface area (Å²) in [5.74, 6) is 0.584. The van der Waals surface area contributed by atoms with E-state index in [4.69, 9.17) is 5.73 Å². The van der Waals surface area contributed by atoms with Gasteiger partial charge in [0.15, 0.2) is 0 Å². The lowest BCUT2D eigenvalue weighted by molar-refractivity contribution is -0.138. The molecule has 0 saturated carbocycles. The molecule has 144 valence electrons. The van der Waals surface area contributed by atoms with E-state index in [9.17, 15) is 9.59 Å². The van der Waals surface area contributed by atoms with Gasteiger partial charge in [-0.1, -0.05) is 11.8 Å². The smallest absolute Gasteiger partial charge is 0.240 e. The number of carbonyl (C=O) groups excluding carboxylic acids is 2. The number of rotatable bonds is 4. The molecule has 1 aliphatic carbocycles. The third-order valence-electron chi connectivity index (χ3n) is 5.38. The fourth-order valence-electron chi connectivity index (χ4n) is 4.07. The van der Waals surface area contributed by atoms with E-state index in [0.717, 1.165) is 46.8 Å². The van der Waals surface area contributed by atoms with Crippen molar-refractivity contribution < 1.29 is 9.59 Å². The van der Waals surface area contributed by atoms with Gasteiger partial charge in [0.2, 0.25) is 11.8 Å². The van der Waals surface area contributed by atoms with Crippen LogP contribution in [0.5, 0.6) is 0 Å². The van der Waals surface area contributed by atoms with Crippen molar-refractivity contribution >= 4 is 45.1 Å². The quantitative estimate of drug-likeness (QED) is 0.625. The molecule has 0 bridgehead atoms. The normalized spacial score (nSPS) is 19.9. The number of thioether (sulfide) groups is 1. The molecule has 0 spiro atoms. The van der Waals surface area contributed by atoms with Crippen LogP contribution in [-0.4, -0.2) is 45.0 Å². The van der Waals surface area contributed by atoms with E-state index >= 15 is 0 Å². The first-order chi connectivity index (χ1) is 13.0. The Kier molecular flexibility index (Phi) is 5.36. The Morgan fingerprint density at radius 2 is 2.04 bits per heavy atom. The van der Waals surface area contributed by atoms with Crippen LogP contribution in [0.4, 0.5) is 0 Å². The number of thiophene rings is 1. The van der Waals surface area contributed by atoms with E-state index in [1.807, 2.05) is 6.92 Å². The summed E-state index contributed by atoms with van der Waals surface area (Å²) in [5, 5.41) is 2.04. The van der Waals surface area contributed by atoms with E-state index < -0.39 is 11.9 Å². The summed E-state index contributed by atoms with van der Waals surface area (Å²) in [6.07, 6.45) is 7.15. The van der Waals surface area contributed by atoms with Crippen LogP contribution in [0.2, 0.25) is 0 Å². The van der Waals surface area contributed by atoms with E-state index in [1.165, 1.54) is 35.0 Å². The van der Waals surface area contributed by atoms with E-state index in [2.05, 4.69) is 9.97 Å². The lowest BCUT2D eigenvalue weighted by atomic mass is 9.97. The lowest BCUT2D eigenvalue weighted by Gasteiger charge is -2.33. The first kappa shape index (κ1) is 18.7. The summed E-state index contributed by atoms with van der Waals surface area (Å²) in [6, 6.07) is -0.465. The molecular weight excluding hydrogens is 380 g/mol. The topological polar surface area (TPSA) is 89.2 Å². The van der Waals surface area contributed by atoms with Gasteiger partial charge in [0, 0.05) is 16.8 Å². The zero-order valence-electron chi connectivity index (χ0n) is 15.5. The van der Waals surface area contributed by atoms with E-state index in [0.29, 0.717) is 13.0 Å². The molecule has 0 radical (unpaired) electrons. The van der Waals surface area contributed by atoms with Crippen molar-refractivity contribution in [3.05, 3.63) is 16.3 Å². The number of piperidine rings is 1. The highest BCUT2D eigenvalue weighted by Crippen LogP contribution is 2.39. The molecule has 2 amide bonds. The Balaban J connectivity index is 1.57. The largest absolute Gasteiger partial charge is 0.368 e. The average Bonchev–Trinajstić information content (AvgIpc) is 3.03. The second kappa shape index (κ2) is 7.75. The number of primary amides is 1. The monoisotopic (exact) mass is 404 g/mol. The number of nitrogens with zero attached hydrogens (tertiary/aromatic N) is 3. The van der Waals surface area contributed by atoms with Gasteiger partial charge in [-0.2, -0.15) is 0 Å². The molecule has 3 heterocycles. The van der Waals surface area contributed by atoms with Crippen LogP contribution in [0.3, 0.4) is 0 Å². The number of aryl methyl sites for hydroxylation is 3. The SMILES string of the molecule is Cc1nc(SCC(=O)N2CCCC[C@H]2C(N)=O)c2c3c(sc2n1)CCCC3. The van der Waals surface area contributed by atoms with Crippen LogP contribution in [0, 0.1) is 6.92 Å². The van der Waals surface area contributed by atoms with E-state index in [1.54, 1.807) is 16.2 Å². The minimum absolute atomic E-state index is 0.0305. The molecule has 6 nitrogen and oxygen atoms in total. The summed E-state index contributed by atoms with van der Waals surface area (Å²) >= 11 is 3.24. The molecule has 1 fully saturated rings. The molecular formula is C19H24N4O2S2. The van der Waals surface area contributed by atoms with Gasteiger partial charge in [-0.05, 0) is 57.4 Å². The van der Waals surface area contributed by atoms with Gasteiger partial charge in [-0.25, -0.2) is 9.97 Å². The molecule has 1 saturated heterocycles. The third-order valence-corrected chi connectivity index (χ3v) is 7.52. The van der Waals surface area contributed by atoms with Crippen LogP contribution in [0.25, 0.3) is 10.2 Å². The van der Waals surface area contributed by atoms with Crippen LogP contribution in [-0.2, 0) is 22.4 Å². The predicted molar refractivity (Wildman–Crippen MR) is 108 cm³/mol. The van der Waals surface area contributed by atoms with Crippen LogP contribution in [0.1, 0.15) is 48.4 Å². The number of carbonyl (C=O) groups is 2. The Morgan fingerprint density at radius 3 is 2.85 bits per heavy atom. The fourth-order valence-corrected chi connectivity index (χ4v) is 6.43. The Bertz CT molecular complexity index is 895. The predicted octanol–water partition coefficient (Wildman–Crippen LogP) is 2.84. The third kappa shape index (κ3) is 3.69. The number of amides is 2. The number of hydrogen-bond acceptors (Lipinski definition) is 6. The van der Waals surface area contributed by atoms with Crippen molar-refractivity contribution in [1.29, 1.82) is 0 Å². The van der Waals surface area contributed by atoms with Crippen LogP contribution in [0.15, 0.2) is 5.03 Å². The highest BCUT2D eigenvalue weighted by molar-refractivity contribution is 8.00. The number of nitrogens with two attached hydrogens (primary N) is 1. The van der Waals surface area contributed by atoms with Gasteiger partial charge in [-0.15, -0.1) is 11.3 Å². The number of aromatic nitrogens is 2. The summed E-state index contributed by atoms with van der Waals surface area (Å²) in [4.78, 5) is 37.9. The van der Waals surface area contributed by atoms with Crippen molar-refractivity contribution in [2.45, 2.75) is 62.9 Å². The average molecular weight is 405 g/mol. The van der Waals surface area contributed by atoms with Crippen molar-refractivity contribution in [3.63, 3.8) is 0 Å². The van der Waals surface area contributed by atoms with Gasteiger partial charge in [0.1, 0.15) is 21.7 Å². The first-order valence-electron chi connectivity index (χ1n) is 9.55. The second-order valence-electron chi connectivity index (χ2n) is 7.26. The molecule has 4 rings (SSSR count). The molecule has 2 aliphatic rings. The summed E-state index contributed by atoms with van der Waals surface area (Å²) in [6.45, 7) is 2.51. The molecule has 0 unspecified atom stereocenters. The standard InChI is InChI=1S/C19H24N4O2S2/c1-11-21-18(16-12-6-2-3-8-14(12)27-19(16)22-11)26-10-15(24)23-9-5-4-7-13(23)17(20)25/h13H,2-10H2,1H3,(H2,20,25)/t13-/m0/s1. The minimum atomic E-state index is -0.465. The lowest BCUT2D eigenvalue weighted by Crippen LogP contribution is -2.51. The fraction of sp³-hybridized carbons (Fsp3) is 0.579. The second-order valence-corrected chi connectivity index (χ2v) is 9.30. The highest BCUT2D eigenvalue weighted by Gasteiger charge is 2.31. The zero-order valence-corrected chi connectivity index (χ0v) is 17.1. The maximum atomic E-state index is 12.8. The molecule has 2 aromatic rings. The van der Waals surface area contributed by atoms with Crippen LogP contribution >= 0.6 is 23.1 Å². The number of likely N-dealkylation sites (tertiary alicyclic amines) is 1. The van der Waals surface area contributed by atoms with E-state index in [-0.39, 0.29) is 11.7 Å². The first-order valence-corrected chi connectivity index (χ1v) is 11.4. The number of fused-ring (bicyclic) bond motifs is 3. The maximum Gasteiger partial charge on any atom is 0.240 e. The molecule has 0 aromatic carbocycles. The van der Waals surface area contributed by atoms with Crippen molar-refractivity contribution in [2.24, 2.45) is 5.73 Å². The van der Waals surface area contributed by atoms with Gasteiger partial charge >= 0.3 is 0 Å². The molecule has 2 aromatic heterocycles. The Labute approximate surface area is 166 Å². The summed E-state index contributed by atoms with van der Waals surface area (Å²) in [7, 11) is 0. The Morgan fingerprint density at radius 1 is 1.22 bits per heavy atom. The number of hydrogen-bond donors (Lipinski definition) is 1. The van der Waals surface area contributed by atoms with Crippen molar-refractivity contribution in [1.82, 2.24) is 14.9 Å². The maximum absolute atomic E-state index is 12.8. The summed E-state index contributed by atoms with van der Waals surface area (Å²) < 4.78 is 0. The van der Waals surface area contributed by atoms with Gasteiger partial charge in [0.25, 0.3) is 0 Å². The molecule has 27 heavy (non-hydrogen) atoms. The zero-order chi connectivity index (χ0) is 19.0. The molecule has 1 atom stereocenters. The van der Waals surface area contributed by atoms with Crippen LogP contribution < -0.4 is 5.73 Å². The van der Waals surface area contributed by atoms with Crippen molar-refractivity contribution in [2.75, 3.05) is 12.3 Å². The summed E-state index contributed by atoms with van der Waals surface area (Å²) in [5.41, 5.74) is 6.88. The molecule has 8 heteroatoms. The molecule has 1 aliphatic heterocycles. The highest BCUT2D eigenvalue weighted by atomic mass is 32.2. The minimum Gasteiger partial charge on any atom is -0.368 e. The van der Waals surface area contributed by atoms with Gasteiger partial charge in [-0.3, -0.25) is 9.59 Å².